The summed E-state index contributed by atoms with van der Waals surface area (Å²) in [6.07, 6.45) is 5.29. The van der Waals surface area contributed by atoms with Gasteiger partial charge in [0.15, 0.2) is 17.3 Å². The van der Waals surface area contributed by atoms with Crippen LogP contribution in [0.25, 0.3) is 0 Å². The van der Waals surface area contributed by atoms with Gasteiger partial charge in [-0.3, -0.25) is 9.78 Å². The summed E-state index contributed by atoms with van der Waals surface area (Å²) >= 11 is 0. The number of carbonyl (C=O) groups excluding carboxylic acids is 1. The van der Waals surface area contributed by atoms with Crippen molar-refractivity contribution in [2.24, 2.45) is 10.7 Å². The van der Waals surface area contributed by atoms with Crippen molar-refractivity contribution in [3.8, 4) is 11.5 Å². The van der Waals surface area contributed by atoms with Gasteiger partial charge >= 0.3 is 0 Å². The van der Waals surface area contributed by atoms with E-state index in [-0.39, 0.29) is 29.9 Å². The van der Waals surface area contributed by atoms with Gasteiger partial charge in [-0.25, -0.2) is 14.4 Å². The normalized spacial score (nSPS) is 20.9. The Hall–Kier alpha value is -3.85. The number of hydrogen-bond acceptors (Lipinski definition) is 8. The fraction of sp³-hybridized carbons (Fsp3) is 0.357. The van der Waals surface area contributed by atoms with E-state index in [0.717, 1.165) is 35.2 Å². The minimum absolute atomic E-state index is 0.0401. The molecule has 0 radical (unpaired) electrons. The fourth-order valence-corrected chi connectivity index (χ4v) is 5.43. The molecule has 3 aliphatic heterocycles. The molecule has 9 heteroatoms. The highest BCUT2D eigenvalue weighted by molar-refractivity contribution is 5.95. The van der Waals surface area contributed by atoms with Gasteiger partial charge in [0.2, 0.25) is 0 Å². The standard InChI is InChI=1S/C28H27FN4O4/c1-16-14-32-23(15-31-16)24(34)11-17-2-3-25-20(10-17)28(6-9-36-27(30)33-28)21-12-19(13-22(29)26(21)37-25)18-4-7-35-8-5-18/h2-3,10,12-15,18H,4-9,11H2,1H3,(H2,30,33)/t28-/m0/s1. The largest absolute Gasteiger partial charge is 0.465 e. The molecule has 0 aliphatic carbocycles. The lowest BCUT2D eigenvalue weighted by atomic mass is 9.75. The van der Waals surface area contributed by atoms with Gasteiger partial charge in [0.1, 0.15) is 17.0 Å². The second-order valence-electron chi connectivity index (χ2n) is 9.75. The van der Waals surface area contributed by atoms with Gasteiger partial charge < -0.3 is 19.9 Å². The molecule has 1 spiro atoms. The molecule has 0 bridgehead atoms. The lowest BCUT2D eigenvalue weighted by Crippen LogP contribution is -2.39. The van der Waals surface area contributed by atoms with Crippen molar-refractivity contribution in [3.63, 3.8) is 0 Å². The maximum absolute atomic E-state index is 15.6. The third kappa shape index (κ3) is 4.23. The molecule has 1 atom stereocenters. The first-order chi connectivity index (χ1) is 17.9. The van der Waals surface area contributed by atoms with Gasteiger partial charge in [-0.15, -0.1) is 0 Å². The predicted octanol–water partition coefficient (Wildman–Crippen LogP) is 4.33. The number of aromatic nitrogens is 2. The number of fused-ring (bicyclic) bond motifs is 4. The van der Waals surface area contributed by atoms with Gasteiger partial charge in [-0.05, 0) is 61.1 Å². The molecule has 37 heavy (non-hydrogen) atoms. The maximum atomic E-state index is 15.6. The van der Waals surface area contributed by atoms with E-state index < -0.39 is 11.4 Å². The number of hydrogen-bond donors (Lipinski definition) is 1. The van der Waals surface area contributed by atoms with Crippen molar-refractivity contribution < 1.29 is 23.4 Å². The van der Waals surface area contributed by atoms with Crippen LogP contribution in [0.15, 0.2) is 47.7 Å². The number of nitrogens with two attached hydrogens (primary N) is 1. The summed E-state index contributed by atoms with van der Waals surface area (Å²) in [4.78, 5) is 26.1. The Morgan fingerprint density at radius 1 is 1.11 bits per heavy atom. The molecule has 3 aromatic rings. The first-order valence-electron chi connectivity index (χ1n) is 12.5. The lowest BCUT2D eigenvalue weighted by Gasteiger charge is -2.40. The first-order valence-corrected chi connectivity index (χ1v) is 12.5. The minimum Gasteiger partial charge on any atom is -0.465 e. The van der Waals surface area contributed by atoms with Gasteiger partial charge in [-0.2, -0.15) is 0 Å². The number of amidine groups is 1. The van der Waals surface area contributed by atoms with Gasteiger partial charge in [0.25, 0.3) is 6.02 Å². The van der Waals surface area contributed by atoms with E-state index in [2.05, 4.69) is 9.97 Å². The molecule has 8 nitrogen and oxygen atoms in total. The van der Waals surface area contributed by atoms with Gasteiger partial charge in [0, 0.05) is 43.4 Å². The van der Waals surface area contributed by atoms with Crippen LogP contribution in [0, 0.1) is 12.7 Å². The van der Waals surface area contributed by atoms with E-state index in [0.29, 0.717) is 43.2 Å². The van der Waals surface area contributed by atoms with Crippen LogP contribution in [-0.2, 0) is 21.4 Å². The Balaban J connectivity index is 1.44. The fourth-order valence-electron chi connectivity index (χ4n) is 5.43. The molecule has 0 unspecified atom stereocenters. The van der Waals surface area contributed by atoms with Crippen LogP contribution >= 0.6 is 0 Å². The molecule has 190 valence electrons. The third-order valence-corrected chi connectivity index (χ3v) is 7.35. The highest BCUT2D eigenvalue weighted by Crippen LogP contribution is 2.53. The number of nitrogens with zero attached hydrogens (tertiary/aromatic N) is 3. The van der Waals surface area contributed by atoms with Crippen molar-refractivity contribution >= 4 is 11.8 Å². The number of aliphatic imine (C=N–C) groups is 1. The SMILES string of the molecule is Cc1cnc(C(=O)Cc2ccc3c(c2)[C@@]2(CCOC(N)=N2)c2cc(C4CCOCC4)cc(F)c2O3)cn1. The van der Waals surface area contributed by atoms with Crippen molar-refractivity contribution in [1.29, 1.82) is 0 Å². The van der Waals surface area contributed by atoms with Crippen molar-refractivity contribution in [3.05, 3.63) is 82.2 Å². The summed E-state index contributed by atoms with van der Waals surface area (Å²) in [6, 6.07) is 9.07. The molecule has 6 rings (SSSR count). The van der Waals surface area contributed by atoms with Crippen molar-refractivity contribution in [2.45, 2.75) is 44.1 Å². The molecule has 0 amide bonds. The highest BCUT2D eigenvalue weighted by atomic mass is 19.1. The average Bonchev–Trinajstić information content (AvgIpc) is 2.90. The number of carbonyl (C=O) groups is 1. The van der Waals surface area contributed by atoms with E-state index in [1.807, 2.05) is 19.1 Å². The van der Waals surface area contributed by atoms with E-state index >= 15 is 4.39 Å². The monoisotopic (exact) mass is 502 g/mol. The molecule has 3 aliphatic rings. The van der Waals surface area contributed by atoms with Gasteiger partial charge in [-0.1, -0.05) is 6.07 Å². The van der Waals surface area contributed by atoms with Crippen LogP contribution < -0.4 is 10.5 Å². The van der Waals surface area contributed by atoms with Crippen LogP contribution in [0.5, 0.6) is 11.5 Å². The van der Waals surface area contributed by atoms with Crippen LogP contribution in [0.2, 0.25) is 0 Å². The van der Waals surface area contributed by atoms with E-state index in [1.165, 1.54) is 6.20 Å². The number of Topliss-reactive ketones (excluding diaryl/α,β-unsaturated/α-hetero) is 1. The van der Waals surface area contributed by atoms with Crippen LogP contribution in [-0.4, -0.2) is 41.6 Å². The first kappa shape index (κ1) is 23.5. The maximum Gasteiger partial charge on any atom is 0.283 e. The average molecular weight is 503 g/mol. The number of benzene rings is 2. The zero-order chi connectivity index (χ0) is 25.6. The van der Waals surface area contributed by atoms with E-state index in [4.69, 9.17) is 24.9 Å². The molecule has 2 N–H and O–H groups in total. The van der Waals surface area contributed by atoms with Crippen molar-refractivity contribution in [2.75, 3.05) is 19.8 Å². The molecule has 1 aromatic heterocycles. The highest BCUT2D eigenvalue weighted by Gasteiger charge is 2.46. The summed E-state index contributed by atoms with van der Waals surface area (Å²) in [5, 5.41) is 0. The third-order valence-electron chi connectivity index (χ3n) is 7.35. The Bertz CT molecular complexity index is 1400. The Labute approximate surface area is 213 Å². The van der Waals surface area contributed by atoms with E-state index in [1.54, 1.807) is 24.4 Å². The second kappa shape index (κ2) is 9.23. The number of rotatable bonds is 4. The number of ketones is 1. The Morgan fingerprint density at radius 3 is 2.70 bits per heavy atom. The number of halogens is 1. The van der Waals surface area contributed by atoms with Crippen LogP contribution in [0.4, 0.5) is 4.39 Å². The Morgan fingerprint density at radius 2 is 1.95 bits per heavy atom. The molecular formula is C28H27FN4O4. The summed E-state index contributed by atoms with van der Waals surface area (Å²) < 4.78 is 32.7. The van der Waals surface area contributed by atoms with Crippen LogP contribution in [0.3, 0.4) is 0 Å². The predicted molar refractivity (Wildman–Crippen MR) is 133 cm³/mol. The summed E-state index contributed by atoms with van der Waals surface area (Å²) in [7, 11) is 0. The van der Waals surface area contributed by atoms with Gasteiger partial charge in [0.05, 0.1) is 18.5 Å². The number of ether oxygens (including phenoxy) is 3. The topological polar surface area (TPSA) is 109 Å². The molecule has 4 heterocycles. The molecule has 0 saturated carbocycles. The molecule has 1 saturated heterocycles. The minimum atomic E-state index is -0.990. The lowest BCUT2D eigenvalue weighted by molar-refractivity contribution is 0.0852. The smallest absolute Gasteiger partial charge is 0.283 e. The zero-order valence-electron chi connectivity index (χ0n) is 20.5. The van der Waals surface area contributed by atoms with E-state index in [9.17, 15) is 4.79 Å². The quantitative estimate of drug-likeness (QED) is 0.529. The number of aryl methyl sites for hydroxylation is 1. The molecule has 1 fully saturated rings. The van der Waals surface area contributed by atoms with Crippen molar-refractivity contribution in [1.82, 2.24) is 9.97 Å². The van der Waals surface area contributed by atoms with Crippen LogP contribution in [0.1, 0.15) is 63.6 Å². The molecule has 2 aromatic carbocycles. The summed E-state index contributed by atoms with van der Waals surface area (Å²) in [5.41, 5.74) is 9.16. The summed E-state index contributed by atoms with van der Waals surface area (Å²) in [5.74, 6) is 0.242. The summed E-state index contributed by atoms with van der Waals surface area (Å²) in [6.45, 7) is 3.43. The second-order valence-corrected chi connectivity index (χ2v) is 9.75. The molecular weight excluding hydrogens is 475 g/mol. The Kier molecular flexibility index (Phi) is 5.87. The zero-order valence-corrected chi connectivity index (χ0v) is 20.5.